The van der Waals surface area contributed by atoms with Crippen molar-refractivity contribution < 1.29 is 27.4 Å². The van der Waals surface area contributed by atoms with Crippen molar-refractivity contribution in [1.82, 2.24) is 4.90 Å². The van der Waals surface area contributed by atoms with Gasteiger partial charge in [-0.1, -0.05) is 24.3 Å². The fraction of sp³-hybridized carbons (Fsp3) is 0.409. The lowest BCUT2D eigenvalue weighted by Gasteiger charge is -2.34. The molecule has 0 bridgehead atoms. The van der Waals surface area contributed by atoms with Crippen molar-refractivity contribution in [3.63, 3.8) is 0 Å². The Balaban J connectivity index is 1.55. The van der Waals surface area contributed by atoms with E-state index in [0.717, 1.165) is 11.3 Å². The molecule has 2 heterocycles. The second-order valence-electron chi connectivity index (χ2n) is 7.46. The smallest absolute Gasteiger partial charge is 0.267 e. The highest BCUT2D eigenvalue weighted by Crippen LogP contribution is 2.32. The second kappa shape index (κ2) is 8.55. The Morgan fingerprint density at radius 3 is 2.53 bits per heavy atom. The van der Waals surface area contributed by atoms with E-state index < -0.39 is 15.9 Å². The zero-order valence-electron chi connectivity index (χ0n) is 16.8. The third-order valence-corrected chi connectivity index (χ3v) is 7.05. The highest BCUT2D eigenvalue weighted by Gasteiger charge is 2.39. The normalized spacial score (nSPS) is 21.8. The van der Waals surface area contributed by atoms with Crippen molar-refractivity contribution in [1.29, 1.82) is 0 Å². The molecule has 30 heavy (non-hydrogen) atoms. The zero-order chi connectivity index (χ0) is 21.1. The molecule has 160 valence electrons. The summed E-state index contributed by atoms with van der Waals surface area (Å²) in [6.07, 6.45) is -0.388. The topological polar surface area (TPSA) is 82.1 Å². The van der Waals surface area contributed by atoms with Crippen LogP contribution in [0.25, 0.3) is 0 Å². The molecule has 4 rings (SSSR count). The number of nitrogens with zero attached hydrogens (tertiary/aromatic N) is 1. The van der Waals surface area contributed by atoms with Gasteiger partial charge in [-0.3, -0.25) is 4.79 Å². The van der Waals surface area contributed by atoms with Gasteiger partial charge in [0, 0.05) is 12.6 Å². The molecule has 1 fully saturated rings. The van der Waals surface area contributed by atoms with Crippen LogP contribution in [0.4, 0.5) is 0 Å². The van der Waals surface area contributed by atoms with E-state index in [2.05, 4.69) is 0 Å². The number of sulfone groups is 1. The van der Waals surface area contributed by atoms with Gasteiger partial charge < -0.3 is 19.1 Å². The predicted molar refractivity (Wildman–Crippen MR) is 112 cm³/mol. The maximum absolute atomic E-state index is 13.4. The largest absolute Gasteiger partial charge is 0.494 e. The van der Waals surface area contributed by atoms with Crippen LogP contribution in [0.5, 0.6) is 17.2 Å². The third-order valence-electron chi connectivity index (χ3n) is 5.30. The van der Waals surface area contributed by atoms with E-state index in [1.54, 1.807) is 17.0 Å². The number of hydrogen-bond donors (Lipinski definition) is 0. The quantitative estimate of drug-likeness (QED) is 0.699. The molecule has 1 saturated heterocycles. The minimum atomic E-state index is -3.15. The first-order valence-electron chi connectivity index (χ1n) is 10.1. The summed E-state index contributed by atoms with van der Waals surface area (Å²) in [5, 5.41) is 0. The number of benzene rings is 2. The first-order valence-corrected chi connectivity index (χ1v) is 11.9. The van der Waals surface area contributed by atoms with Gasteiger partial charge in [-0.2, -0.15) is 0 Å². The van der Waals surface area contributed by atoms with Crippen LogP contribution >= 0.6 is 0 Å². The van der Waals surface area contributed by atoms with Gasteiger partial charge in [-0.05, 0) is 43.2 Å². The van der Waals surface area contributed by atoms with Gasteiger partial charge in [0.05, 0.1) is 18.1 Å². The lowest BCUT2D eigenvalue weighted by Crippen LogP contribution is -2.50. The molecule has 0 saturated carbocycles. The van der Waals surface area contributed by atoms with Crippen LogP contribution < -0.4 is 14.2 Å². The highest BCUT2D eigenvalue weighted by molar-refractivity contribution is 7.91. The summed E-state index contributed by atoms with van der Waals surface area (Å²) < 4.78 is 41.2. The number of rotatable bonds is 6. The number of para-hydroxylation sites is 2. The lowest BCUT2D eigenvalue weighted by molar-refractivity contribution is -0.143. The number of fused-ring (bicyclic) bond motifs is 1. The number of ether oxygens (including phenoxy) is 3. The first kappa shape index (κ1) is 20.5. The molecular formula is C22H25NO6S. The predicted octanol–water partition coefficient (Wildman–Crippen LogP) is 2.44. The molecule has 0 spiro atoms. The Labute approximate surface area is 176 Å². The average molecular weight is 432 g/mol. The van der Waals surface area contributed by atoms with E-state index >= 15 is 0 Å². The van der Waals surface area contributed by atoms with Crippen LogP contribution in [-0.4, -0.2) is 56.1 Å². The molecule has 7 nitrogen and oxygen atoms in total. The molecule has 2 aliphatic heterocycles. The molecule has 2 aromatic rings. The molecule has 0 aromatic heterocycles. The van der Waals surface area contributed by atoms with Crippen LogP contribution in [0.15, 0.2) is 48.5 Å². The van der Waals surface area contributed by atoms with Gasteiger partial charge in [-0.25, -0.2) is 8.42 Å². The highest BCUT2D eigenvalue weighted by atomic mass is 32.2. The summed E-state index contributed by atoms with van der Waals surface area (Å²) in [5.74, 6) is 1.67. The zero-order valence-corrected chi connectivity index (χ0v) is 17.6. The molecule has 1 amide bonds. The van der Waals surface area contributed by atoms with Crippen LogP contribution in [0.3, 0.4) is 0 Å². The van der Waals surface area contributed by atoms with Crippen LogP contribution in [0.2, 0.25) is 0 Å². The fourth-order valence-corrected chi connectivity index (χ4v) is 5.52. The maximum Gasteiger partial charge on any atom is 0.267 e. The molecular weight excluding hydrogens is 406 g/mol. The summed E-state index contributed by atoms with van der Waals surface area (Å²) in [5.41, 5.74) is 0.897. The fourth-order valence-electron chi connectivity index (χ4n) is 3.79. The van der Waals surface area contributed by atoms with E-state index in [4.69, 9.17) is 14.2 Å². The Morgan fingerprint density at radius 1 is 1.13 bits per heavy atom. The van der Waals surface area contributed by atoms with Crippen molar-refractivity contribution in [2.45, 2.75) is 32.0 Å². The third kappa shape index (κ3) is 4.53. The molecule has 0 radical (unpaired) electrons. The molecule has 0 aliphatic carbocycles. The molecule has 8 heteroatoms. The van der Waals surface area contributed by atoms with Gasteiger partial charge in [0.1, 0.15) is 12.4 Å². The van der Waals surface area contributed by atoms with Crippen LogP contribution in [0.1, 0.15) is 18.9 Å². The average Bonchev–Trinajstić information content (AvgIpc) is 3.12. The number of carbonyl (C=O) groups is 1. The summed E-state index contributed by atoms with van der Waals surface area (Å²) in [4.78, 5) is 15.0. The van der Waals surface area contributed by atoms with E-state index in [0.29, 0.717) is 31.1 Å². The molecule has 0 N–H and O–H groups in total. The van der Waals surface area contributed by atoms with E-state index in [9.17, 15) is 13.2 Å². The van der Waals surface area contributed by atoms with Gasteiger partial charge in [0.2, 0.25) is 6.10 Å². The van der Waals surface area contributed by atoms with Crippen molar-refractivity contribution in [3.05, 3.63) is 54.1 Å². The summed E-state index contributed by atoms with van der Waals surface area (Å²) in [6.45, 7) is 2.88. The van der Waals surface area contributed by atoms with Crippen LogP contribution in [-0.2, 0) is 21.2 Å². The van der Waals surface area contributed by atoms with Crippen molar-refractivity contribution in [3.8, 4) is 17.2 Å². The second-order valence-corrected chi connectivity index (χ2v) is 9.69. The Hall–Kier alpha value is -2.74. The van der Waals surface area contributed by atoms with Gasteiger partial charge in [0.15, 0.2) is 21.3 Å². The van der Waals surface area contributed by atoms with E-state index in [-0.39, 0.29) is 30.1 Å². The Bertz CT molecular complexity index is 1000. The lowest BCUT2D eigenvalue weighted by atomic mass is 10.1. The van der Waals surface area contributed by atoms with Crippen LogP contribution in [0, 0.1) is 0 Å². The molecule has 0 unspecified atom stereocenters. The minimum Gasteiger partial charge on any atom is -0.494 e. The molecule has 2 aliphatic rings. The Kier molecular flexibility index (Phi) is 5.85. The van der Waals surface area contributed by atoms with Crippen molar-refractivity contribution >= 4 is 15.7 Å². The van der Waals surface area contributed by atoms with Crippen molar-refractivity contribution in [2.24, 2.45) is 0 Å². The monoisotopic (exact) mass is 431 g/mol. The minimum absolute atomic E-state index is 0.0278. The number of carbonyl (C=O) groups excluding carboxylic acids is 1. The molecule has 2 atom stereocenters. The van der Waals surface area contributed by atoms with E-state index in [1.807, 2.05) is 43.3 Å². The van der Waals surface area contributed by atoms with Gasteiger partial charge >= 0.3 is 0 Å². The standard InChI is InChI=1S/C22H25NO6S/c1-2-27-18-9-7-16(8-10-18)13-23(17-11-12-30(25,26)15-17)22(24)21-14-28-19-5-3-4-6-20(19)29-21/h3-10,17,21H,2,11-15H2,1H3/t17-,21-/m0/s1. The van der Waals surface area contributed by atoms with E-state index in [1.165, 1.54) is 0 Å². The van der Waals surface area contributed by atoms with Gasteiger partial charge in [-0.15, -0.1) is 0 Å². The first-order chi connectivity index (χ1) is 14.4. The number of amides is 1. The van der Waals surface area contributed by atoms with Crippen molar-refractivity contribution in [2.75, 3.05) is 24.7 Å². The SMILES string of the molecule is CCOc1ccc(CN(C(=O)[C@@H]2COc3ccccc3O2)[C@H]2CCS(=O)(=O)C2)cc1. The number of hydrogen-bond acceptors (Lipinski definition) is 6. The summed E-state index contributed by atoms with van der Waals surface area (Å²) in [7, 11) is -3.15. The Morgan fingerprint density at radius 2 is 1.87 bits per heavy atom. The van der Waals surface area contributed by atoms with Gasteiger partial charge in [0.25, 0.3) is 5.91 Å². The summed E-state index contributed by atoms with van der Waals surface area (Å²) in [6, 6.07) is 14.3. The molecule has 2 aromatic carbocycles. The maximum atomic E-state index is 13.4. The summed E-state index contributed by atoms with van der Waals surface area (Å²) >= 11 is 0.